The summed E-state index contributed by atoms with van der Waals surface area (Å²) in [7, 11) is 0. The molecule has 3 aromatic rings. The van der Waals surface area contributed by atoms with Crippen LogP contribution in [-0.4, -0.2) is 23.4 Å². The lowest BCUT2D eigenvalue weighted by Crippen LogP contribution is -2.51. The Morgan fingerprint density at radius 2 is 1.63 bits per heavy atom. The number of rotatable bonds is 3. The van der Waals surface area contributed by atoms with E-state index in [2.05, 4.69) is 10.6 Å². The fourth-order valence-corrected chi connectivity index (χ4v) is 4.00. The lowest BCUT2D eigenvalue weighted by atomic mass is 9.88. The molecule has 1 aliphatic carbocycles. The van der Waals surface area contributed by atoms with Gasteiger partial charge in [0.2, 0.25) is 0 Å². The molecule has 0 bridgehead atoms. The van der Waals surface area contributed by atoms with Crippen molar-refractivity contribution in [1.29, 1.82) is 0 Å². The summed E-state index contributed by atoms with van der Waals surface area (Å²) in [6, 6.07) is 16.0. The van der Waals surface area contributed by atoms with Gasteiger partial charge in [0.25, 0.3) is 23.4 Å². The number of benzene rings is 3. The van der Waals surface area contributed by atoms with Gasteiger partial charge in [-0.3, -0.25) is 24.5 Å². The summed E-state index contributed by atoms with van der Waals surface area (Å²) in [5.41, 5.74) is 7.17. The highest BCUT2D eigenvalue weighted by Crippen LogP contribution is 2.24. The predicted molar refractivity (Wildman–Crippen MR) is 109 cm³/mol. The standard InChI is InChI=1S/C23H15N3O4/c24-18-14-9-12-7-4-8-13-15(12)17(23(30)26-22(13)29)16(14)19(21(28)20(18)27)25-10-11-5-2-1-3-6-11/h1-9,25H,10,24H2,(H,26,29,30). The molecule has 1 heterocycles. The Hall–Kier alpha value is -4.26. The zero-order chi connectivity index (χ0) is 21.0. The van der Waals surface area contributed by atoms with Gasteiger partial charge in [0.05, 0.1) is 17.0 Å². The molecule has 0 aromatic heterocycles. The maximum atomic E-state index is 12.8. The fraction of sp³-hybridized carbons (Fsp3) is 0.0435. The molecule has 0 spiro atoms. The Labute approximate surface area is 169 Å². The molecule has 0 fully saturated rings. The molecule has 0 saturated heterocycles. The van der Waals surface area contributed by atoms with Crippen molar-refractivity contribution in [3.05, 3.63) is 81.7 Å². The van der Waals surface area contributed by atoms with Crippen molar-refractivity contribution >= 4 is 45.5 Å². The van der Waals surface area contributed by atoms with Crippen LogP contribution in [0.15, 0.2) is 54.6 Å². The zero-order valence-corrected chi connectivity index (χ0v) is 15.6. The molecule has 2 amide bonds. The van der Waals surface area contributed by atoms with Gasteiger partial charge in [-0.15, -0.1) is 0 Å². The summed E-state index contributed by atoms with van der Waals surface area (Å²) in [6.07, 6.45) is 0. The number of carbonyl (C=O) groups excluding carboxylic acids is 4. The summed E-state index contributed by atoms with van der Waals surface area (Å²) in [6.45, 7) is 0.272. The van der Waals surface area contributed by atoms with Crippen LogP contribution < -0.4 is 26.8 Å². The van der Waals surface area contributed by atoms with E-state index in [9.17, 15) is 19.2 Å². The van der Waals surface area contributed by atoms with Gasteiger partial charge in [-0.25, -0.2) is 0 Å². The first-order valence-corrected chi connectivity index (χ1v) is 9.29. The van der Waals surface area contributed by atoms with Gasteiger partial charge < -0.3 is 11.1 Å². The summed E-state index contributed by atoms with van der Waals surface area (Å²) < 4.78 is 0. The summed E-state index contributed by atoms with van der Waals surface area (Å²) in [5, 5.41) is 6.93. The predicted octanol–water partition coefficient (Wildman–Crippen LogP) is -0.160. The van der Waals surface area contributed by atoms with Crippen molar-refractivity contribution in [2.75, 3.05) is 0 Å². The summed E-state index contributed by atoms with van der Waals surface area (Å²) in [4.78, 5) is 50.5. The van der Waals surface area contributed by atoms with E-state index in [0.29, 0.717) is 21.6 Å². The normalized spacial score (nSPS) is 15.3. The van der Waals surface area contributed by atoms with Gasteiger partial charge in [-0.05, 0) is 23.1 Å². The highest BCUT2D eigenvalue weighted by Gasteiger charge is 2.33. The molecule has 0 radical (unpaired) electrons. The van der Waals surface area contributed by atoms with Gasteiger partial charge in [0.1, 0.15) is 0 Å². The van der Waals surface area contributed by atoms with Gasteiger partial charge in [0, 0.05) is 27.9 Å². The Morgan fingerprint density at radius 1 is 0.867 bits per heavy atom. The lowest BCUT2D eigenvalue weighted by Gasteiger charge is -2.21. The molecule has 146 valence electrons. The number of Topliss-reactive ketones (excluding diaryl/α,β-unsaturated/α-hetero) is 2. The van der Waals surface area contributed by atoms with Crippen molar-refractivity contribution in [3.8, 4) is 0 Å². The minimum Gasteiger partial charge on any atom is -0.395 e. The van der Waals surface area contributed by atoms with Gasteiger partial charge in [-0.1, -0.05) is 42.5 Å². The first kappa shape index (κ1) is 17.8. The highest BCUT2D eigenvalue weighted by atomic mass is 16.2. The molecule has 7 nitrogen and oxygen atoms in total. The Morgan fingerprint density at radius 3 is 2.40 bits per heavy atom. The van der Waals surface area contributed by atoms with Crippen LogP contribution in [0.3, 0.4) is 0 Å². The van der Waals surface area contributed by atoms with E-state index in [4.69, 9.17) is 5.73 Å². The monoisotopic (exact) mass is 397 g/mol. The van der Waals surface area contributed by atoms with Crippen LogP contribution in [0.2, 0.25) is 0 Å². The summed E-state index contributed by atoms with van der Waals surface area (Å²) >= 11 is 0. The third-order valence-electron chi connectivity index (χ3n) is 5.39. The zero-order valence-electron chi connectivity index (χ0n) is 15.6. The number of hydrogen-bond donors (Lipinski definition) is 3. The van der Waals surface area contributed by atoms with Gasteiger partial charge in [0.15, 0.2) is 0 Å². The van der Waals surface area contributed by atoms with Crippen LogP contribution in [0.5, 0.6) is 0 Å². The van der Waals surface area contributed by atoms with Crippen molar-refractivity contribution < 1.29 is 19.2 Å². The number of nitrogens with one attached hydrogen (secondary N) is 2. The Balaban J connectivity index is 1.89. The van der Waals surface area contributed by atoms with Gasteiger partial charge >= 0.3 is 0 Å². The van der Waals surface area contributed by atoms with Crippen molar-refractivity contribution in [1.82, 2.24) is 10.6 Å². The van der Waals surface area contributed by atoms with E-state index in [1.807, 2.05) is 30.3 Å². The molecule has 7 heteroatoms. The van der Waals surface area contributed by atoms with Crippen LogP contribution in [0.1, 0.15) is 26.3 Å². The highest BCUT2D eigenvalue weighted by molar-refractivity contribution is 6.62. The number of ketones is 2. The average Bonchev–Trinajstić information content (AvgIpc) is 2.76. The number of fused-ring (bicyclic) bond motifs is 2. The fourth-order valence-electron chi connectivity index (χ4n) is 4.00. The molecule has 5 rings (SSSR count). The molecule has 1 aliphatic heterocycles. The SMILES string of the molecule is NC1=c2cc3cccc4c3c(c2=C(NCc2ccccc2)C(=O)C1=O)C(=O)NC4=O. The second-order valence-electron chi connectivity index (χ2n) is 7.15. The minimum absolute atomic E-state index is 0.00394. The molecule has 0 atom stereocenters. The number of amides is 2. The minimum atomic E-state index is -0.826. The number of carbonyl (C=O) groups is 4. The average molecular weight is 397 g/mol. The molecule has 4 N–H and O–H groups in total. The first-order valence-electron chi connectivity index (χ1n) is 9.29. The topological polar surface area (TPSA) is 118 Å². The maximum absolute atomic E-state index is 12.8. The molecule has 0 unspecified atom stereocenters. The maximum Gasteiger partial charge on any atom is 0.259 e. The second kappa shape index (κ2) is 6.38. The van der Waals surface area contributed by atoms with Crippen molar-refractivity contribution in [3.63, 3.8) is 0 Å². The first-order chi connectivity index (χ1) is 14.5. The van der Waals surface area contributed by atoms with Crippen LogP contribution in [0, 0.1) is 0 Å². The van der Waals surface area contributed by atoms with Crippen molar-refractivity contribution in [2.45, 2.75) is 6.54 Å². The third kappa shape index (κ3) is 2.45. The summed E-state index contributed by atoms with van der Waals surface area (Å²) in [5.74, 6) is -2.77. The molecule has 3 aromatic carbocycles. The molecule has 30 heavy (non-hydrogen) atoms. The van der Waals surface area contributed by atoms with E-state index in [1.54, 1.807) is 24.3 Å². The Bertz CT molecular complexity index is 1440. The van der Waals surface area contributed by atoms with E-state index in [0.717, 1.165) is 5.56 Å². The molecule has 2 aliphatic rings. The van der Waals surface area contributed by atoms with E-state index < -0.39 is 23.4 Å². The smallest absolute Gasteiger partial charge is 0.259 e. The number of nitrogens with two attached hydrogens (primary N) is 1. The third-order valence-corrected chi connectivity index (χ3v) is 5.39. The largest absolute Gasteiger partial charge is 0.395 e. The Kier molecular flexibility index (Phi) is 3.79. The molecular weight excluding hydrogens is 382 g/mol. The van der Waals surface area contributed by atoms with E-state index in [1.165, 1.54) is 0 Å². The molecule has 0 saturated carbocycles. The number of imide groups is 1. The van der Waals surface area contributed by atoms with Crippen LogP contribution in [0.4, 0.5) is 0 Å². The second-order valence-corrected chi connectivity index (χ2v) is 7.15. The van der Waals surface area contributed by atoms with Crippen LogP contribution in [-0.2, 0) is 16.1 Å². The van der Waals surface area contributed by atoms with Crippen LogP contribution >= 0.6 is 0 Å². The lowest BCUT2D eigenvalue weighted by molar-refractivity contribution is -0.130. The van der Waals surface area contributed by atoms with E-state index >= 15 is 0 Å². The van der Waals surface area contributed by atoms with Crippen LogP contribution in [0.25, 0.3) is 22.2 Å². The van der Waals surface area contributed by atoms with Gasteiger partial charge in [-0.2, -0.15) is 0 Å². The van der Waals surface area contributed by atoms with Crippen molar-refractivity contribution in [2.24, 2.45) is 5.73 Å². The van der Waals surface area contributed by atoms with E-state index in [-0.39, 0.29) is 28.7 Å². The molecular formula is C23H15N3O4. The number of hydrogen-bond acceptors (Lipinski definition) is 6. The quantitative estimate of drug-likeness (QED) is 0.418.